The Morgan fingerprint density at radius 1 is 1.36 bits per heavy atom. The molecule has 3 rings (SSSR count). The fraction of sp³-hybridized carbons (Fsp3) is 0. The van der Waals surface area contributed by atoms with Crippen LogP contribution in [0.5, 0.6) is 0 Å². The molecule has 0 atom stereocenters. The van der Waals surface area contributed by atoms with Gasteiger partial charge in [0, 0.05) is 0 Å². The van der Waals surface area contributed by atoms with Gasteiger partial charge in [0.2, 0.25) is 10.9 Å². The van der Waals surface area contributed by atoms with Crippen LogP contribution in [0, 0.1) is 0 Å². The van der Waals surface area contributed by atoms with Gasteiger partial charge in [0.25, 0.3) is 0 Å². The van der Waals surface area contributed by atoms with E-state index in [-0.39, 0.29) is 0 Å². The molecular weight excluding hydrogens is 220 g/mol. The first-order chi connectivity index (χ1) is 6.77. The number of halogens is 1. The third-order valence-electron chi connectivity index (χ3n) is 2.03. The lowest BCUT2D eigenvalue weighted by Gasteiger charge is -1.94. The van der Waals surface area contributed by atoms with E-state index in [1.807, 2.05) is 18.2 Å². The second kappa shape index (κ2) is 2.59. The van der Waals surface area contributed by atoms with Gasteiger partial charge in [-0.1, -0.05) is 29.0 Å². The second-order valence-corrected chi connectivity index (χ2v) is 4.28. The molecule has 0 aliphatic heterocycles. The first-order valence-electron chi connectivity index (χ1n) is 3.95. The number of anilines is 1. The Bertz CT molecular complexity index is 627. The summed E-state index contributed by atoms with van der Waals surface area (Å²) < 4.78 is 2.83. The van der Waals surface area contributed by atoms with Crippen molar-refractivity contribution < 1.29 is 0 Å². The minimum absolute atomic E-state index is 0.374. The van der Waals surface area contributed by atoms with E-state index in [0.717, 1.165) is 15.2 Å². The number of nitrogens with zero attached hydrogens (tertiary/aromatic N) is 3. The number of hydrogen-bond acceptors (Lipinski definition) is 4. The van der Waals surface area contributed by atoms with Crippen molar-refractivity contribution in [3.8, 4) is 0 Å². The van der Waals surface area contributed by atoms with Crippen LogP contribution in [0.3, 0.4) is 0 Å². The van der Waals surface area contributed by atoms with E-state index < -0.39 is 0 Å². The third-order valence-corrected chi connectivity index (χ3v) is 3.33. The summed E-state index contributed by atoms with van der Waals surface area (Å²) in [5.41, 5.74) is 6.58. The first kappa shape index (κ1) is 8.02. The molecule has 2 heterocycles. The molecule has 2 N–H and O–H groups in total. The number of nitrogens with two attached hydrogens (primary N) is 1. The summed E-state index contributed by atoms with van der Waals surface area (Å²) >= 11 is 7.60. The predicted octanol–water partition coefficient (Wildman–Crippen LogP) is 2.18. The highest BCUT2D eigenvalue weighted by molar-refractivity contribution is 7.23. The lowest BCUT2D eigenvalue weighted by atomic mass is 10.3. The van der Waals surface area contributed by atoms with E-state index in [4.69, 9.17) is 17.3 Å². The van der Waals surface area contributed by atoms with Gasteiger partial charge < -0.3 is 5.73 Å². The summed E-state index contributed by atoms with van der Waals surface area (Å²) in [6.45, 7) is 0. The van der Waals surface area contributed by atoms with Crippen molar-refractivity contribution in [3.63, 3.8) is 0 Å². The zero-order valence-electron chi connectivity index (χ0n) is 6.94. The van der Waals surface area contributed by atoms with Crippen molar-refractivity contribution in [2.45, 2.75) is 0 Å². The molecule has 0 aliphatic rings. The molecule has 6 heteroatoms. The Morgan fingerprint density at radius 3 is 3.07 bits per heavy atom. The first-order valence-corrected chi connectivity index (χ1v) is 5.14. The van der Waals surface area contributed by atoms with Gasteiger partial charge in [-0.15, -0.1) is 10.2 Å². The highest BCUT2D eigenvalue weighted by Crippen LogP contribution is 2.31. The van der Waals surface area contributed by atoms with E-state index in [2.05, 4.69) is 10.2 Å². The van der Waals surface area contributed by atoms with Crippen LogP contribution in [-0.2, 0) is 0 Å². The zero-order valence-corrected chi connectivity index (χ0v) is 8.51. The number of nitrogen functional groups attached to an aromatic ring is 1. The summed E-state index contributed by atoms with van der Waals surface area (Å²) in [5.74, 6) is 0.374. The van der Waals surface area contributed by atoms with E-state index in [9.17, 15) is 0 Å². The molecule has 0 aliphatic carbocycles. The average Bonchev–Trinajstić information content (AvgIpc) is 2.67. The van der Waals surface area contributed by atoms with E-state index in [1.165, 1.54) is 11.3 Å². The van der Waals surface area contributed by atoms with Crippen molar-refractivity contribution in [1.29, 1.82) is 0 Å². The normalized spacial score (nSPS) is 11.5. The zero-order chi connectivity index (χ0) is 9.71. The van der Waals surface area contributed by atoms with Crippen LogP contribution >= 0.6 is 22.9 Å². The smallest absolute Gasteiger partial charge is 0.227 e. The molecule has 0 fully saturated rings. The number of rotatable bonds is 0. The molecule has 14 heavy (non-hydrogen) atoms. The number of aromatic nitrogens is 3. The number of hydrogen-bond donors (Lipinski definition) is 1. The molecule has 0 radical (unpaired) electrons. The number of fused-ring (bicyclic) bond motifs is 3. The molecule has 3 aromatic rings. The Balaban J connectivity index is 2.68. The average molecular weight is 225 g/mol. The Labute approximate surface area is 87.9 Å². The van der Waals surface area contributed by atoms with Crippen LogP contribution < -0.4 is 5.73 Å². The molecule has 4 nitrogen and oxygen atoms in total. The molecule has 0 spiro atoms. The van der Waals surface area contributed by atoms with Crippen LogP contribution in [0.15, 0.2) is 18.2 Å². The number of para-hydroxylation sites is 1. The minimum atomic E-state index is 0.374. The lowest BCUT2D eigenvalue weighted by molar-refractivity contribution is 1.12. The molecular formula is C8H5ClN4S. The Hall–Kier alpha value is -1.33. The molecule has 70 valence electrons. The van der Waals surface area contributed by atoms with Gasteiger partial charge in [-0.05, 0) is 12.1 Å². The highest BCUT2D eigenvalue weighted by atomic mass is 35.5. The van der Waals surface area contributed by atoms with Crippen molar-refractivity contribution in [2.75, 3.05) is 5.73 Å². The van der Waals surface area contributed by atoms with Crippen molar-refractivity contribution in [2.24, 2.45) is 0 Å². The standard InChI is InChI=1S/C8H5ClN4S/c9-4-2-1-3-5-6(4)13-7(10)11-12-8(13)14-5/h1-3H,(H2,10,11). The topological polar surface area (TPSA) is 56.2 Å². The predicted molar refractivity (Wildman–Crippen MR) is 57.8 cm³/mol. The summed E-state index contributed by atoms with van der Waals surface area (Å²) in [6.07, 6.45) is 0. The SMILES string of the molecule is Nc1nnc2sc3cccc(Cl)c3n12. The maximum atomic E-state index is 6.08. The van der Waals surface area contributed by atoms with Crippen LogP contribution in [0.25, 0.3) is 15.2 Å². The van der Waals surface area contributed by atoms with Crippen LogP contribution in [0.4, 0.5) is 5.95 Å². The fourth-order valence-electron chi connectivity index (χ4n) is 1.45. The maximum Gasteiger partial charge on any atom is 0.227 e. The Morgan fingerprint density at radius 2 is 2.21 bits per heavy atom. The van der Waals surface area contributed by atoms with Gasteiger partial charge in [0.1, 0.15) is 0 Å². The summed E-state index contributed by atoms with van der Waals surface area (Å²) in [4.78, 5) is 0.769. The number of benzene rings is 1. The lowest BCUT2D eigenvalue weighted by Crippen LogP contribution is -1.92. The fourth-order valence-corrected chi connectivity index (χ4v) is 2.77. The summed E-state index contributed by atoms with van der Waals surface area (Å²) in [5, 5.41) is 8.40. The monoisotopic (exact) mass is 224 g/mol. The molecule has 1 aromatic carbocycles. The molecule has 0 bridgehead atoms. The molecule has 0 saturated carbocycles. The number of thiazole rings is 1. The van der Waals surface area contributed by atoms with Crippen LogP contribution in [0.2, 0.25) is 5.02 Å². The molecule has 0 amide bonds. The second-order valence-electron chi connectivity index (χ2n) is 2.86. The summed E-state index contributed by atoms with van der Waals surface area (Å²) in [7, 11) is 0. The van der Waals surface area contributed by atoms with Crippen molar-refractivity contribution in [3.05, 3.63) is 23.2 Å². The maximum absolute atomic E-state index is 6.08. The van der Waals surface area contributed by atoms with Crippen LogP contribution in [-0.4, -0.2) is 14.6 Å². The minimum Gasteiger partial charge on any atom is -0.368 e. The third kappa shape index (κ3) is 0.880. The van der Waals surface area contributed by atoms with Gasteiger partial charge in [0.05, 0.1) is 15.2 Å². The van der Waals surface area contributed by atoms with Gasteiger partial charge in [-0.25, -0.2) is 0 Å². The molecule has 0 saturated heterocycles. The largest absolute Gasteiger partial charge is 0.368 e. The highest BCUT2D eigenvalue weighted by Gasteiger charge is 2.11. The molecule has 0 unspecified atom stereocenters. The van der Waals surface area contributed by atoms with Gasteiger partial charge in [-0.3, -0.25) is 4.40 Å². The van der Waals surface area contributed by atoms with Gasteiger partial charge in [0.15, 0.2) is 0 Å². The van der Waals surface area contributed by atoms with Crippen LogP contribution in [0.1, 0.15) is 0 Å². The van der Waals surface area contributed by atoms with Gasteiger partial charge in [-0.2, -0.15) is 0 Å². The quantitative estimate of drug-likeness (QED) is 0.637. The van der Waals surface area contributed by atoms with Crippen molar-refractivity contribution >= 4 is 44.1 Å². The summed E-state index contributed by atoms with van der Waals surface area (Å²) in [6, 6.07) is 5.72. The Kier molecular flexibility index (Phi) is 1.48. The van der Waals surface area contributed by atoms with Gasteiger partial charge >= 0.3 is 0 Å². The van der Waals surface area contributed by atoms with E-state index in [0.29, 0.717) is 11.0 Å². The van der Waals surface area contributed by atoms with E-state index in [1.54, 1.807) is 4.40 Å². The van der Waals surface area contributed by atoms with Crippen molar-refractivity contribution in [1.82, 2.24) is 14.6 Å². The van der Waals surface area contributed by atoms with E-state index >= 15 is 0 Å². The molecule has 2 aromatic heterocycles.